The van der Waals surface area contributed by atoms with Crippen molar-refractivity contribution in [2.45, 2.75) is 33.0 Å². The SMILES string of the molecule is CC(C)c1ccccc1OCc1ccc(CO)o1. The van der Waals surface area contributed by atoms with Crippen LogP contribution in [0.3, 0.4) is 0 Å². The van der Waals surface area contributed by atoms with Crippen molar-refractivity contribution in [3.8, 4) is 5.75 Å². The van der Waals surface area contributed by atoms with Gasteiger partial charge < -0.3 is 14.3 Å². The smallest absolute Gasteiger partial charge is 0.146 e. The van der Waals surface area contributed by atoms with Crippen LogP contribution in [0.2, 0.25) is 0 Å². The number of hydrogen-bond acceptors (Lipinski definition) is 3. The highest BCUT2D eigenvalue weighted by atomic mass is 16.5. The molecule has 1 aromatic carbocycles. The molecule has 18 heavy (non-hydrogen) atoms. The second kappa shape index (κ2) is 5.74. The van der Waals surface area contributed by atoms with E-state index in [-0.39, 0.29) is 6.61 Å². The molecule has 0 saturated heterocycles. The molecule has 2 aromatic rings. The lowest BCUT2D eigenvalue weighted by molar-refractivity contribution is 0.224. The number of hydrogen-bond donors (Lipinski definition) is 1. The first kappa shape index (κ1) is 12.7. The Morgan fingerprint density at radius 1 is 1.11 bits per heavy atom. The van der Waals surface area contributed by atoms with Crippen molar-refractivity contribution in [2.24, 2.45) is 0 Å². The maximum Gasteiger partial charge on any atom is 0.146 e. The quantitative estimate of drug-likeness (QED) is 0.878. The maximum absolute atomic E-state index is 8.92. The molecular weight excluding hydrogens is 228 g/mol. The highest BCUT2D eigenvalue weighted by Gasteiger charge is 2.08. The van der Waals surface area contributed by atoms with Gasteiger partial charge in [-0.15, -0.1) is 0 Å². The Morgan fingerprint density at radius 2 is 1.83 bits per heavy atom. The van der Waals surface area contributed by atoms with Gasteiger partial charge in [0.25, 0.3) is 0 Å². The first-order chi connectivity index (χ1) is 8.70. The highest BCUT2D eigenvalue weighted by molar-refractivity contribution is 5.35. The fourth-order valence-corrected chi connectivity index (χ4v) is 1.82. The van der Waals surface area contributed by atoms with Crippen molar-refractivity contribution in [1.29, 1.82) is 0 Å². The van der Waals surface area contributed by atoms with Crippen molar-refractivity contribution in [2.75, 3.05) is 0 Å². The Labute approximate surface area is 107 Å². The standard InChI is InChI=1S/C15H18O3/c1-11(2)14-5-3-4-6-15(14)17-10-13-8-7-12(9-16)18-13/h3-8,11,16H,9-10H2,1-2H3. The van der Waals surface area contributed by atoms with E-state index >= 15 is 0 Å². The van der Waals surface area contributed by atoms with Crippen LogP contribution >= 0.6 is 0 Å². The number of aliphatic hydroxyl groups excluding tert-OH is 1. The lowest BCUT2D eigenvalue weighted by atomic mass is 10.0. The minimum atomic E-state index is -0.0808. The van der Waals surface area contributed by atoms with E-state index in [1.54, 1.807) is 6.07 Å². The van der Waals surface area contributed by atoms with Gasteiger partial charge in [-0.2, -0.15) is 0 Å². The fraction of sp³-hybridized carbons (Fsp3) is 0.333. The van der Waals surface area contributed by atoms with E-state index in [1.807, 2.05) is 24.3 Å². The van der Waals surface area contributed by atoms with E-state index in [1.165, 1.54) is 5.56 Å². The van der Waals surface area contributed by atoms with E-state index < -0.39 is 0 Å². The summed E-state index contributed by atoms with van der Waals surface area (Å²) in [5.41, 5.74) is 1.19. The van der Waals surface area contributed by atoms with Gasteiger partial charge in [-0.05, 0) is 29.7 Å². The monoisotopic (exact) mass is 246 g/mol. The maximum atomic E-state index is 8.92. The molecule has 0 radical (unpaired) electrons. The van der Waals surface area contributed by atoms with Gasteiger partial charge in [0.15, 0.2) is 0 Å². The molecule has 0 saturated carbocycles. The number of benzene rings is 1. The molecule has 0 aliphatic rings. The number of aliphatic hydroxyl groups is 1. The van der Waals surface area contributed by atoms with Crippen molar-refractivity contribution in [1.82, 2.24) is 0 Å². The summed E-state index contributed by atoms with van der Waals surface area (Å²) in [6.45, 7) is 4.57. The second-order valence-electron chi connectivity index (χ2n) is 4.51. The summed E-state index contributed by atoms with van der Waals surface area (Å²) in [4.78, 5) is 0. The zero-order valence-corrected chi connectivity index (χ0v) is 10.7. The number of rotatable bonds is 5. The van der Waals surface area contributed by atoms with Gasteiger partial charge in [0.2, 0.25) is 0 Å². The Kier molecular flexibility index (Phi) is 4.05. The van der Waals surface area contributed by atoms with Crippen LogP contribution in [-0.4, -0.2) is 5.11 Å². The molecule has 3 nitrogen and oxygen atoms in total. The molecule has 0 bridgehead atoms. The normalized spacial score (nSPS) is 10.9. The number of furan rings is 1. The van der Waals surface area contributed by atoms with Gasteiger partial charge in [-0.3, -0.25) is 0 Å². The molecule has 2 rings (SSSR count). The Bertz CT molecular complexity index is 500. The summed E-state index contributed by atoms with van der Waals surface area (Å²) >= 11 is 0. The number of ether oxygens (including phenoxy) is 1. The highest BCUT2D eigenvalue weighted by Crippen LogP contribution is 2.26. The molecular formula is C15H18O3. The molecule has 0 fully saturated rings. The zero-order chi connectivity index (χ0) is 13.0. The Balaban J connectivity index is 2.05. The average molecular weight is 246 g/mol. The predicted molar refractivity (Wildman–Crippen MR) is 69.5 cm³/mol. The van der Waals surface area contributed by atoms with E-state index in [0.717, 1.165) is 11.5 Å². The topological polar surface area (TPSA) is 42.6 Å². The average Bonchev–Trinajstić information content (AvgIpc) is 2.84. The van der Waals surface area contributed by atoms with Gasteiger partial charge in [0.1, 0.15) is 30.5 Å². The first-order valence-corrected chi connectivity index (χ1v) is 6.11. The minimum Gasteiger partial charge on any atom is -0.485 e. The number of para-hydroxylation sites is 1. The third kappa shape index (κ3) is 2.93. The predicted octanol–water partition coefficient (Wildman–Crippen LogP) is 3.47. The Morgan fingerprint density at radius 3 is 2.50 bits per heavy atom. The van der Waals surface area contributed by atoms with Crippen LogP contribution in [0.1, 0.15) is 36.8 Å². The van der Waals surface area contributed by atoms with Crippen molar-refractivity contribution < 1.29 is 14.3 Å². The van der Waals surface area contributed by atoms with Crippen molar-refractivity contribution >= 4 is 0 Å². The summed E-state index contributed by atoms with van der Waals surface area (Å²) in [7, 11) is 0. The molecule has 0 unspecified atom stereocenters. The fourth-order valence-electron chi connectivity index (χ4n) is 1.82. The zero-order valence-electron chi connectivity index (χ0n) is 10.7. The van der Waals surface area contributed by atoms with Crippen molar-refractivity contribution in [3.05, 3.63) is 53.5 Å². The summed E-state index contributed by atoms with van der Waals surface area (Å²) in [6.07, 6.45) is 0. The van der Waals surface area contributed by atoms with Gasteiger partial charge in [0, 0.05) is 0 Å². The van der Waals surface area contributed by atoms with Crippen LogP contribution in [0.15, 0.2) is 40.8 Å². The van der Waals surface area contributed by atoms with E-state index in [0.29, 0.717) is 18.3 Å². The summed E-state index contributed by atoms with van der Waals surface area (Å²) in [5, 5.41) is 8.92. The second-order valence-corrected chi connectivity index (χ2v) is 4.51. The largest absolute Gasteiger partial charge is 0.485 e. The first-order valence-electron chi connectivity index (χ1n) is 6.11. The van der Waals surface area contributed by atoms with Crippen LogP contribution in [-0.2, 0) is 13.2 Å². The molecule has 0 aliphatic carbocycles. The van der Waals surface area contributed by atoms with Crippen LogP contribution in [0.4, 0.5) is 0 Å². The summed E-state index contributed by atoms with van der Waals surface area (Å²) in [5.74, 6) is 2.59. The third-order valence-electron chi connectivity index (χ3n) is 2.78. The summed E-state index contributed by atoms with van der Waals surface area (Å²) in [6, 6.07) is 11.6. The lowest BCUT2D eigenvalue weighted by Crippen LogP contribution is -1.98. The van der Waals surface area contributed by atoms with Crippen molar-refractivity contribution in [3.63, 3.8) is 0 Å². The van der Waals surface area contributed by atoms with Gasteiger partial charge in [-0.25, -0.2) is 0 Å². The minimum absolute atomic E-state index is 0.0808. The molecule has 3 heteroatoms. The van der Waals surface area contributed by atoms with Gasteiger partial charge >= 0.3 is 0 Å². The summed E-state index contributed by atoms with van der Waals surface area (Å²) < 4.78 is 11.1. The molecule has 0 aliphatic heterocycles. The van der Waals surface area contributed by atoms with E-state index in [4.69, 9.17) is 14.3 Å². The van der Waals surface area contributed by atoms with Crippen LogP contribution < -0.4 is 4.74 Å². The molecule has 96 valence electrons. The van der Waals surface area contributed by atoms with Crippen LogP contribution in [0, 0.1) is 0 Å². The van der Waals surface area contributed by atoms with E-state index in [2.05, 4.69) is 19.9 Å². The molecule has 0 atom stereocenters. The molecule has 1 heterocycles. The van der Waals surface area contributed by atoms with Gasteiger partial charge in [0.05, 0.1) is 0 Å². The van der Waals surface area contributed by atoms with E-state index in [9.17, 15) is 0 Å². The molecule has 1 N–H and O–H groups in total. The lowest BCUT2D eigenvalue weighted by Gasteiger charge is -2.12. The Hall–Kier alpha value is -1.74. The molecule has 0 spiro atoms. The van der Waals surface area contributed by atoms with Gasteiger partial charge in [-0.1, -0.05) is 32.0 Å². The molecule has 0 amide bonds. The van der Waals surface area contributed by atoms with Crippen LogP contribution in [0.5, 0.6) is 5.75 Å². The third-order valence-corrected chi connectivity index (χ3v) is 2.78. The van der Waals surface area contributed by atoms with Crippen LogP contribution in [0.25, 0.3) is 0 Å². The molecule has 1 aromatic heterocycles.